The molecular weight excluding hydrogens is 558 g/mol. The number of rotatable bonds is 5. The Bertz CT molecular complexity index is 998. The maximum Gasteiger partial charge on any atom is 0.466 e. The van der Waals surface area contributed by atoms with Gasteiger partial charge in [0.05, 0.1) is 19.0 Å². The molecule has 0 aliphatic rings. The van der Waals surface area contributed by atoms with Crippen LogP contribution in [0.15, 0.2) is 12.7 Å². The molecule has 0 aliphatic carbocycles. The van der Waals surface area contributed by atoms with Gasteiger partial charge in [-0.15, -0.1) is 0 Å². The standard InChI is InChI=1S/C9H14N5O4P.3H3O4P/c1-6(18-5-19(15,16)17)2-14-4-13-7-8(10)11-3-12-9(7)14;3*1-5(2,3)4/h3-4,6H,2,5H2,1H3,(H2,10,11,12)(H2,15,16,17);3*(H3,1,2,3,4)/t6-;;;/m1.../s1. The minimum absolute atomic E-state index is 0.285. The third-order valence-electron chi connectivity index (χ3n) is 2.41. The Morgan fingerprint density at radius 3 is 1.65 bits per heavy atom. The molecule has 2 aromatic rings. The third-order valence-corrected chi connectivity index (χ3v) is 2.90. The third kappa shape index (κ3) is 27.0. The fraction of sp³-hybridized carbons (Fsp3) is 0.444. The Kier molecular flexibility index (Phi) is 14.8. The monoisotopic (exact) mass is 581 g/mol. The van der Waals surface area contributed by atoms with E-state index in [-0.39, 0.29) is 5.82 Å². The van der Waals surface area contributed by atoms with Crippen LogP contribution in [0.5, 0.6) is 0 Å². The number of imidazole rings is 1. The van der Waals surface area contributed by atoms with Gasteiger partial charge in [0.2, 0.25) is 0 Å². The van der Waals surface area contributed by atoms with Crippen molar-refractivity contribution in [3.8, 4) is 0 Å². The summed E-state index contributed by atoms with van der Waals surface area (Å²) >= 11 is 0. The molecule has 34 heavy (non-hydrogen) atoms. The summed E-state index contributed by atoms with van der Waals surface area (Å²) < 4.78 is 44.1. The van der Waals surface area contributed by atoms with E-state index in [2.05, 4.69) is 15.0 Å². The van der Waals surface area contributed by atoms with Crippen molar-refractivity contribution in [2.75, 3.05) is 12.1 Å². The number of hydrogen-bond acceptors (Lipinski definition) is 9. The highest BCUT2D eigenvalue weighted by Gasteiger charge is 2.17. The van der Waals surface area contributed by atoms with Gasteiger partial charge in [-0.25, -0.2) is 28.6 Å². The van der Waals surface area contributed by atoms with Gasteiger partial charge in [-0.2, -0.15) is 0 Å². The zero-order valence-corrected chi connectivity index (χ0v) is 20.3. The van der Waals surface area contributed by atoms with Gasteiger partial charge >= 0.3 is 31.1 Å². The zero-order chi connectivity index (χ0) is 27.5. The Hall–Kier alpha value is -1.21. The van der Waals surface area contributed by atoms with Gasteiger partial charge in [-0.3, -0.25) is 4.57 Å². The fourth-order valence-electron chi connectivity index (χ4n) is 1.59. The number of fused-ring (bicyclic) bond motifs is 1. The highest BCUT2D eigenvalue weighted by molar-refractivity contribution is 7.51. The molecule has 2 rings (SSSR count). The lowest BCUT2D eigenvalue weighted by atomic mass is 10.4. The average Bonchev–Trinajstić information content (AvgIpc) is 2.92. The second-order valence-corrected chi connectivity index (χ2v) is 10.3. The van der Waals surface area contributed by atoms with Crippen molar-refractivity contribution in [1.29, 1.82) is 0 Å². The normalized spacial score (nSPS) is 12.9. The zero-order valence-electron chi connectivity index (χ0n) is 16.8. The summed E-state index contributed by atoms with van der Waals surface area (Å²) in [7, 11) is -18.1. The van der Waals surface area contributed by atoms with Crippen LogP contribution in [0.4, 0.5) is 5.82 Å². The first kappa shape index (κ1) is 35.0. The van der Waals surface area contributed by atoms with Crippen molar-refractivity contribution in [2.45, 2.75) is 19.6 Å². The van der Waals surface area contributed by atoms with Crippen molar-refractivity contribution in [3.05, 3.63) is 12.7 Å². The molecule has 2 heterocycles. The second-order valence-electron chi connectivity index (χ2n) is 5.64. The predicted molar refractivity (Wildman–Crippen MR) is 110 cm³/mol. The van der Waals surface area contributed by atoms with Gasteiger partial charge in [-0.1, -0.05) is 0 Å². The molecule has 0 saturated heterocycles. The second kappa shape index (κ2) is 14.4. The van der Waals surface area contributed by atoms with Gasteiger partial charge in [0.1, 0.15) is 18.2 Å². The molecular formula is C9H23N5O16P4. The largest absolute Gasteiger partial charge is 0.466 e. The topological polar surface area (TPSA) is 370 Å². The van der Waals surface area contributed by atoms with Crippen LogP contribution in [0, 0.1) is 0 Å². The van der Waals surface area contributed by atoms with Gasteiger partial charge in [0.25, 0.3) is 0 Å². The van der Waals surface area contributed by atoms with Crippen molar-refractivity contribution < 1.29 is 76.8 Å². The van der Waals surface area contributed by atoms with Crippen LogP contribution in [0.25, 0.3) is 11.2 Å². The minimum atomic E-state index is -4.64. The number of ether oxygens (including phenoxy) is 1. The molecule has 0 saturated carbocycles. The van der Waals surface area contributed by atoms with Crippen molar-refractivity contribution in [3.63, 3.8) is 0 Å². The van der Waals surface area contributed by atoms with Crippen LogP contribution in [-0.2, 0) is 29.5 Å². The van der Waals surface area contributed by atoms with E-state index in [4.69, 9.17) is 78.0 Å². The van der Waals surface area contributed by atoms with Crippen LogP contribution in [0.3, 0.4) is 0 Å². The van der Waals surface area contributed by atoms with Crippen molar-refractivity contribution in [2.24, 2.45) is 0 Å². The van der Waals surface area contributed by atoms with Crippen molar-refractivity contribution >= 4 is 48.0 Å². The summed E-state index contributed by atoms with van der Waals surface area (Å²) in [6.07, 6.45) is 1.85. The van der Waals surface area contributed by atoms with Gasteiger partial charge in [-0.05, 0) is 6.92 Å². The number of hydrogen-bond donors (Lipinski definition) is 12. The van der Waals surface area contributed by atoms with Crippen LogP contribution in [0.2, 0.25) is 0 Å². The van der Waals surface area contributed by atoms with Gasteiger partial charge < -0.3 is 68.9 Å². The lowest BCUT2D eigenvalue weighted by Gasteiger charge is -2.14. The molecule has 0 amide bonds. The first-order chi connectivity index (χ1) is 14.9. The quantitative estimate of drug-likeness (QED) is 0.158. The lowest BCUT2D eigenvalue weighted by Crippen LogP contribution is -2.17. The fourth-order valence-corrected chi connectivity index (χ4v) is 2.04. The molecule has 0 aromatic carbocycles. The Morgan fingerprint density at radius 1 is 0.853 bits per heavy atom. The van der Waals surface area contributed by atoms with Crippen LogP contribution in [-0.4, -0.2) is 85.8 Å². The van der Waals surface area contributed by atoms with Gasteiger partial charge in [0.15, 0.2) is 11.5 Å². The molecule has 0 unspecified atom stereocenters. The smallest absolute Gasteiger partial charge is 0.382 e. The lowest BCUT2D eigenvalue weighted by molar-refractivity contribution is 0.0764. The Balaban J connectivity index is 0. The van der Waals surface area contributed by atoms with Crippen LogP contribution in [0.1, 0.15) is 6.92 Å². The van der Waals surface area contributed by atoms with E-state index in [1.807, 2.05) is 0 Å². The number of nitrogens with zero attached hydrogens (tertiary/aromatic N) is 4. The Morgan fingerprint density at radius 2 is 1.26 bits per heavy atom. The number of phosphoric acid groups is 3. The number of nitrogen functional groups attached to an aromatic ring is 1. The molecule has 2 aromatic heterocycles. The van der Waals surface area contributed by atoms with Crippen molar-refractivity contribution in [1.82, 2.24) is 19.5 Å². The van der Waals surface area contributed by atoms with E-state index in [1.165, 1.54) is 12.7 Å². The molecule has 0 bridgehead atoms. The molecule has 200 valence electrons. The van der Waals surface area contributed by atoms with E-state index in [0.29, 0.717) is 17.7 Å². The SMILES string of the molecule is C[C@H](Cn1cnc2c(N)ncnc21)OCP(=O)(O)O.O=P(O)(O)O.O=P(O)(O)O.O=P(O)(O)O. The summed E-state index contributed by atoms with van der Waals surface area (Å²) in [6, 6.07) is 0. The highest BCUT2D eigenvalue weighted by atomic mass is 31.2. The van der Waals surface area contributed by atoms with Crippen LogP contribution >= 0.6 is 31.1 Å². The van der Waals surface area contributed by atoms with E-state index < -0.39 is 43.5 Å². The molecule has 0 spiro atoms. The van der Waals surface area contributed by atoms with E-state index in [1.54, 1.807) is 11.5 Å². The van der Waals surface area contributed by atoms with E-state index in [0.717, 1.165) is 0 Å². The first-order valence-electron chi connectivity index (χ1n) is 7.79. The molecule has 0 fully saturated rings. The maximum absolute atomic E-state index is 10.7. The average molecular weight is 581 g/mol. The summed E-state index contributed by atoms with van der Waals surface area (Å²) in [5.74, 6) is 0.285. The highest BCUT2D eigenvalue weighted by Crippen LogP contribution is 2.34. The van der Waals surface area contributed by atoms with Gasteiger partial charge in [0, 0.05) is 0 Å². The number of aromatic nitrogens is 4. The number of nitrogens with two attached hydrogens (primary N) is 1. The molecule has 13 N–H and O–H groups in total. The summed E-state index contributed by atoms with van der Waals surface area (Å²) in [4.78, 5) is 94.1. The summed E-state index contributed by atoms with van der Waals surface area (Å²) in [6.45, 7) is 2.05. The summed E-state index contributed by atoms with van der Waals surface area (Å²) in [5.41, 5.74) is 6.70. The molecule has 21 nitrogen and oxygen atoms in total. The molecule has 1 atom stereocenters. The molecule has 0 aliphatic heterocycles. The van der Waals surface area contributed by atoms with E-state index in [9.17, 15) is 4.57 Å². The first-order valence-corrected chi connectivity index (χ1v) is 14.3. The predicted octanol–water partition coefficient (Wildman–Crippen LogP) is -2.84. The van der Waals surface area contributed by atoms with E-state index >= 15 is 0 Å². The Labute approximate surface area is 189 Å². The molecule has 0 radical (unpaired) electrons. The minimum Gasteiger partial charge on any atom is -0.382 e. The summed E-state index contributed by atoms with van der Waals surface area (Å²) in [5, 5.41) is 0. The molecule has 25 heteroatoms. The number of anilines is 1. The maximum atomic E-state index is 10.7. The van der Waals surface area contributed by atoms with Crippen LogP contribution < -0.4 is 5.73 Å².